The summed E-state index contributed by atoms with van der Waals surface area (Å²) in [6, 6.07) is 10.0. The van der Waals surface area contributed by atoms with Gasteiger partial charge < -0.3 is 19.5 Å². The van der Waals surface area contributed by atoms with E-state index in [4.69, 9.17) is 10.2 Å². The molecule has 0 unspecified atom stereocenters. The zero-order valence-electron chi connectivity index (χ0n) is 16.6. The second-order valence-corrected chi connectivity index (χ2v) is 4.99. The summed E-state index contributed by atoms with van der Waals surface area (Å²) in [5.41, 5.74) is 1.35. The normalized spacial score (nSPS) is 8.21. The standard InChI is InChI=1S/C8H8.C5H6N2.C5H8O3.C4H6O2/c1-2-8-6-4-3-5-7-8;1-2-7-4-3-6-5-7;1-2-5(7)8-4-3-6;1-3(2)4(5)6/h2-7H,1H2;2-5H,1H2;2,6H,1,3-4H2;1H2,2H3,(H,5,6). The van der Waals surface area contributed by atoms with Crippen molar-refractivity contribution in [1.29, 1.82) is 0 Å². The fourth-order valence-corrected chi connectivity index (χ4v) is 1.17. The van der Waals surface area contributed by atoms with Crippen LogP contribution in [0.1, 0.15) is 12.5 Å². The Morgan fingerprint density at radius 3 is 2.07 bits per heavy atom. The number of aromatic nitrogens is 2. The number of imidazole rings is 1. The Balaban J connectivity index is 0. The minimum Gasteiger partial charge on any atom is -0.478 e. The largest absolute Gasteiger partial charge is 0.478 e. The summed E-state index contributed by atoms with van der Waals surface area (Å²) in [6.45, 7) is 14.8. The Kier molecular flexibility index (Phi) is 18.1. The molecule has 1 aromatic heterocycles. The van der Waals surface area contributed by atoms with Crippen molar-refractivity contribution in [1.82, 2.24) is 9.55 Å². The monoisotopic (exact) mass is 400 g/mol. The number of nitrogens with zero attached hydrogens (tertiary/aromatic N) is 2. The molecule has 2 rings (SSSR count). The van der Waals surface area contributed by atoms with Gasteiger partial charge in [0.25, 0.3) is 0 Å². The van der Waals surface area contributed by atoms with Crippen molar-refractivity contribution >= 4 is 24.2 Å². The van der Waals surface area contributed by atoms with Crippen LogP contribution in [0.15, 0.2) is 87.0 Å². The first-order chi connectivity index (χ1) is 13.8. The first-order valence-electron chi connectivity index (χ1n) is 8.38. The molecular formula is C22H28N2O5. The van der Waals surface area contributed by atoms with Crippen LogP contribution in [-0.2, 0) is 14.3 Å². The third-order valence-corrected chi connectivity index (χ3v) is 2.64. The number of aliphatic hydroxyl groups excluding tert-OH is 1. The predicted octanol–water partition coefficient (Wildman–Crippen LogP) is 3.67. The summed E-state index contributed by atoms with van der Waals surface area (Å²) in [5, 5.41) is 16.0. The van der Waals surface area contributed by atoms with Crippen LogP contribution in [0.3, 0.4) is 0 Å². The van der Waals surface area contributed by atoms with Gasteiger partial charge in [0.2, 0.25) is 0 Å². The third kappa shape index (κ3) is 18.9. The number of hydrogen-bond donors (Lipinski definition) is 2. The molecule has 7 heteroatoms. The van der Waals surface area contributed by atoms with Gasteiger partial charge in [-0.3, -0.25) is 0 Å². The van der Waals surface area contributed by atoms with Crippen LogP contribution < -0.4 is 0 Å². The lowest BCUT2D eigenvalue weighted by Gasteiger charge is -1.94. The maximum atomic E-state index is 10.1. The first kappa shape index (κ1) is 27.5. The van der Waals surface area contributed by atoms with Gasteiger partial charge in [0.1, 0.15) is 6.61 Å². The minimum atomic E-state index is -0.935. The van der Waals surface area contributed by atoms with Crippen LogP contribution in [0.25, 0.3) is 12.3 Å². The molecule has 0 amide bonds. The summed E-state index contributed by atoms with van der Waals surface area (Å²) in [5.74, 6) is -1.44. The van der Waals surface area contributed by atoms with Gasteiger partial charge in [-0.15, -0.1) is 0 Å². The molecule has 0 aliphatic rings. The fraction of sp³-hybridized carbons (Fsp3) is 0.136. The smallest absolute Gasteiger partial charge is 0.330 e. The van der Waals surface area contributed by atoms with Gasteiger partial charge in [0, 0.05) is 30.2 Å². The Labute approximate surface area is 171 Å². The van der Waals surface area contributed by atoms with Gasteiger partial charge in [0.15, 0.2) is 0 Å². The second kappa shape index (κ2) is 19.1. The molecule has 2 aromatic rings. The lowest BCUT2D eigenvalue weighted by Crippen LogP contribution is -2.04. The molecule has 0 saturated heterocycles. The van der Waals surface area contributed by atoms with E-state index in [-0.39, 0.29) is 18.8 Å². The summed E-state index contributed by atoms with van der Waals surface area (Å²) < 4.78 is 6.11. The Morgan fingerprint density at radius 2 is 1.79 bits per heavy atom. The predicted molar refractivity (Wildman–Crippen MR) is 116 cm³/mol. The molecule has 29 heavy (non-hydrogen) atoms. The van der Waals surface area contributed by atoms with Crippen molar-refractivity contribution < 1.29 is 24.5 Å². The van der Waals surface area contributed by atoms with E-state index in [0.29, 0.717) is 0 Å². The van der Waals surface area contributed by atoms with Crippen molar-refractivity contribution in [3.05, 3.63) is 92.6 Å². The Hall–Kier alpha value is -3.71. The van der Waals surface area contributed by atoms with Crippen LogP contribution in [0.2, 0.25) is 0 Å². The second-order valence-electron chi connectivity index (χ2n) is 4.99. The number of hydrogen-bond acceptors (Lipinski definition) is 5. The number of rotatable bonds is 6. The molecule has 1 aromatic carbocycles. The summed E-state index contributed by atoms with van der Waals surface area (Å²) >= 11 is 0. The number of benzene rings is 1. The van der Waals surface area contributed by atoms with Crippen LogP contribution in [0.5, 0.6) is 0 Å². The summed E-state index contributed by atoms with van der Waals surface area (Å²) in [7, 11) is 0. The SMILES string of the molecule is C=C(C)C(=O)O.C=CC(=O)OCCO.C=Cc1ccccc1.C=Cn1ccnc1. The molecule has 2 N–H and O–H groups in total. The number of aliphatic hydroxyl groups is 1. The molecule has 0 atom stereocenters. The molecule has 0 bridgehead atoms. The lowest BCUT2D eigenvalue weighted by atomic mass is 10.2. The van der Waals surface area contributed by atoms with Gasteiger partial charge in [-0.1, -0.05) is 62.7 Å². The maximum Gasteiger partial charge on any atom is 0.330 e. The van der Waals surface area contributed by atoms with Crippen LogP contribution in [0, 0.1) is 0 Å². The van der Waals surface area contributed by atoms with Crippen LogP contribution in [0.4, 0.5) is 0 Å². The number of carbonyl (C=O) groups is 2. The molecule has 0 aliphatic carbocycles. The van der Waals surface area contributed by atoms with E-state index in [2.05, 4.69) is 36.0 Å². The molecular weight excluding hydrogens is 372 g/mol. The summed E-state index contributed by atoms with van der Waals surface area (Å²) in [4.78, 5) is 23.5. The molecule has 0 saturated carbocycles. The molecule has 7 nitrogen and oxygen atoms in total. The molecule has 1 heterocycles. The number of carboxylic acids is 1. The van der Waals surface area contributed by atoms with Gasteiger partial charge in [-0.25, -0.2) is 14.6 Å². The highest BCUT2D eigenvalue weighted by molar-refractivity contribution is 5.84. The van der Waals surface area contributed by atoms with Crippen molar-refractivity contribution in [2.24, 2.45) is 0 Å². The van der Waals surface area contributed by atoms with Crippen molar-refractivity contribution in [3.63, 3.8) is 0 Å². The topological polar surface area (TPSA) is 102 Å². The summed E-state index contributed by atoms with van der Waals surface area (Å²) in [6.07, 6.45) is 9.80. The number of carboxylic acid groups (broad SMARTS) is 1. The quantitative estimate of drug-likeness (QED) is 0.567. The van der Waals surface area contributed by atoms with Crippen LogP contribution in [-0.4, -0.2) is 44.9 Å². The van der Waals surface area contributed by atoms with Gasteiger partial charge >= 0.3 is 11.9 Å². The number of ether oxygens (including phenoxy) is 1. The van der Waals surface area contributed by atoms with E-state index >= 15 is 0 Å². The lowest BCUT2D eigenvalue weighted by molar-refractivity contribution is -0.138. The van der Waals surface area contributed by atoms with Gasteiger partial charge in [-0.2, -0.15) is 0 Å². The number of aliphatic carboxylic acids is 1. The van der Waals surface area contributed by atoms with E-state index in [0.717, 1.165) is 6.08 Å². The van der Waals surface area contributed by atoms with E-state index in [1.165, 1.54) is 12.5 Å². The first-order valence-corrected chi connectivity index (χ1v) is 8.38. The van der Waals surface area contributed by atoms with E-state index in [9.17, 15) is 9.59 Å². The van der Waals surface area contributed by atoms with E-state index in [1.54, 1.807) is 23.3 Å². The average molecular weight is 400 g/mol. The van der Waals surface area contributed by atoms with Crippen molar-refractivity contribution in [2.45, 2.75) is 6.92 Å². The third-order valence-electron chi connectivity index (χ3n) is 2.64. The Bertz CT molecular complexity index is 726. The maximum absolute atomic E-state index is 10.1. The van der Waals surface area contributed by atoms with E-state index < -0.39 is 11.9 Å². The van der Waals surface area contributed by atoms with Crippen molar-refractivity contribution in [2.75, 3.05) is 13.2 Å². The van der Waals surface area contributed by atoms with Gasteiger partial charge in [-0.05, 0) is 12.5 Å². The van der Waals surface area contributed by atoms with Crippen molar-refractivity contribution in [3.8, 4) is 0 Å². The minimum absolute atomic E-state index is 0.0465. The number of esters is 1. The molecule has 0 spiro atoms. The molecule has 0 fully saturated rings. The fourth-order valence-electron chi connectivity index (χ4n) is 1.17. The average Bonchev–Trinajstić information content (AvgIpc) is 3.28. The molecule has 0 radical (unpaired) electrons. The van der Waals surface area contributed by atoms with Gasteiger partial charge in [0.05, 0.1) is 12.9 Å². The number of carbonyl (C=O) groups excluding carboxylic acids is 1. The Morgan fingerprint density at radius 1 is 1.21 bits per heavy atom. The highest BCUT2D eigenvalue weighted by Crippen LogP contribution is 1.97. The zero-order valence-corrected chi connectivity index (χ0v) is 16.6. The van der Waals surface area contributed by atoms with E-state index in [1.807, 2.05) is 42.6 Å². The van der Waals surface area contributed by atoms with Crippen LogP contribution >= 0.6 is 0 Å². The molecule has 0 aliphatic heterocycles. The zero-order chi connectivity index (χ0) is 22.5. The molecule has 156 valence electrons. The highest BCUT2D eigenvalue weighted by Gasteiger charge is 1.90. The highest BCUT2D eigenvalue weighted by atomic mass is 16.5.